The van der Waals surface area contributed by atoms with Crippen molar-refractivity contribution in [3.63, 3.8) is 0 Å². The minimum Gasteiger partial charge on any atom is -0.467 e. The van der Waals surface area contributed by atoms with E-state index >= 15 is 0 Å². The van der Waals surface area contributed by atoms with E-state index < -0.39 is 5.91 Å². The van der Waals surface area contributed by atoms with E-state index in [-0.39, 0.29) is 37.0 Å². The van der Waals surface area contributed by atoms with Crippen LogP contribution in [0, 0.1) is 0 Å². The fraction of sp³-hybridized carbons (Fsp3) is 0.462. The summed E-state index contributed by atoms with van der Waals surface area (Å²) in [6.07, 6.45) is 2.15. The summed E-state index contributed by atoms with van der Waals surface area (Å²) in [6.45, 7) is 2.64. The highest BCUT2D eigenvalue weighted by Crippen LogP contribution is 2.16. The van der Waals surface area contributed by atoms with Crippen molar-refractivity contribution in [1.29, 1.82) is 0 Å². The number of nitrogen functional groups attached to an aromatic ring is 1. The average Bonchev–Trinajstić information content (AvgIpc) is 2.92. The summed E-state index contributed by atoms with van der Waals surface area (Å²) in [5, 5.41) is 0. The van der Waals surface area contributed by atoms with Gasteiger partial charge in [0.25, 0.3) is 5.91 Å². The molecule has 2 rings (SSSR count). The lowest BCUT2D eigenvalue weighted by atomic mass is 10.2. The quantitative estimate of drug-likeness (QED) is 0.431. The minimum absolute atomic E-state index is 0.0107. The second-order valence-corrected chi connectivity index (χ2v) is 4.80. The largest absolute Gasteiger partial charge is 0.467 e. The highest BCUT2D eigenvalue weighted by atomic mass is 16.3. The van der Waals surface area contributed by atoms with E-state index in [1.54, 1.807) is 0 Å². The summed E-state index contributed by atoms with van der Waals surface area (Å²) < 4.78 is 5.21. The van der Waals surface area contributed by atoms with Crippen LogP contribution in [0.15, 0.2) is 16.7 Å². The Morgan fingerprint density at radius 1 is 1.33 bits per heavy atom. The Labute approximate surface area is 121 Å². The average molecular weight is 294 g/mol. The Morgan fingerprint density at radius 3 is 2.67 bits per heavy atom. The maximum atomic E-state index is 12.1. The molecule has 1 aromatic rings. The standard InChI is InChI=1S/C13H18N4O4/c1-2-4-16-7-12(19)17(8-11(16)18)6-10-9(3-5-21-10)13(20)15-14/h3,5H,2,4,6-8,14H2,1H3,(H,15,20). The van der Waals surface area contributed by atoms with Gasteiger partial charge in [-0.25, -0.2) is 5.84 Å². The van der Waals surface area contributed by atoms with Gasteiger partial charge in [-0.15, -0.1) is 0 Å². The number of hydrazine groups is 1. The van der Waals surface area contributed by atoms with Gasteiger partial charge in [-0.05, 0) is 12.5 Å². The van der Waals surface area contributed by atoms with Gasteiger partial charge in [0.2, 0.25) is 11.8 Å². The molecule has 8 nitrogen and oxygen atoms in total. The fourth-order valence-corrected chi connectivity index (χ4v) is 2.24. The predicted octanol–water partition coefficient (Wildman–Crippen LogP) is -0.536. The summed E-state index contributed by atoms with van der Waals surface area (Å²) in [6, 6.07) is 1.47. The number of hydrogen-bond donors (Lipinski definition) is 2. The first kappa shape index (κ1) is 15.0. The van der Waals surface area contributed by atoms with Crippen molar-refractivity contribution in [2.75, 3.05) is 19.6 Å². The Bertz CT molecular complexity index is 554. The summed E-state index contributed by atoms with van der Waals surface area (Å²) in [7, 11) is 0. The van der Waals surface area contributed by atoms with Gasteiger partial charge in [0.15, 0.2) is 0 Å². The minimum atomic E-state index is -0.498. The number of carbonyl (C=O) groups excluding carboxylic acids is 3. The third-order valence-electron chi connectivity index (χ3n) is 3.31. The van der Waals surface area contributed by atoms with Gasteiger partial charge in [-0.3, -0.25) is 19.8 Å². The van der Waals surface area contributed by atoms with Crippen molar-refractivity contribution < 1.29 is 18.8 Å². The topological polar surface area (TPSA) is 109 Å². The van der Waals surface area contributed by atoms with E-state index in [0.717, 1.165) is 6.42 Å². The fourth-order valence-electron chi connectivity index (χ4n) is 2.24. The Kier molecular flexibility index (Phi) is 4.59. The smallest absolute Gasteiger partial charge is 0.268 e. The summed E-state index contributed by atoms with van der Waals surface area (Å²) in [5.74, 6) is 4.62. The van der Waals surface area contributed by atoms with Gasteiger partial charge in [0.05, 0.1) is 24.9 Å². The zero-order chi connectivity index (χ0) is 15.4. The number of carbonyl (C=O) groups is 3. The van der Waals surface area contributed by atoms with Crippen LogP contribution in [0.3, 0.4) is 0 Å². The Balaban J connectivity index is 2.07. The molecule has 0 saturated carbocycles. The molecular formula is C13H18N4O4. The van der Waals surface area contributed by atoms with Crippen molar-refractivity contribution in [3.8, 4) is 0 Å². The monoisotopic (exact) mass is 294 g/mol. The molecule has 1 aromatic heterocycles. The molecule has 0 unspecified atom stereocenters. The first-order valence-corrected chi connectivity index (χ1v) is 6.69. The van der Waals surface area contributed by atoms with E-state index in [9.17, 15) is 14.4 Å². The van der Waals surface area contributed by atoms with Crippen molar-refractivity contribution in [3.05, 3.63) is 23.7 Å². The van der Waals surface area contributed by atoms with Crippen LogP contribution in [0.4, 0.5) is 0 Å². The molecule has 1 aliphatic rings. The third kappa shape index (κ3) is 3.22. The van der Waals surface area contributed by atoms with Crippen molar-refractivity contribution in [1.82, 2.24) is 15.2 Å². The van der Waals surface area contributed by atoms with Gasteiger partial charge >= 0.3 is 0 Å². The number of piperazine rings is 1. The molecule has 1 aliphatic heterocycles. The second-order valence-electron chi connectivity index (χ2n) is 4.80. The lowest BCUT2D eigenvalue weighted by Gasteiger charge is -2.33. The number of nitrogens with one attached hydrogen (secondary N) is 1. The molecule has 0 radical (unpaired) electrons. The molecule has 1 saturated heterocycles. The number of nitrogens with two attached hydrogens (primary N) is 1. The van der Waals surface area contributed by atoms with Crippen LogP contribution >= 0.6 is 0 Å². The van der Waals surface area contributed by atoms with E-state index in [1.807, 2.05) is 12.3 Å². The molecule has 21 heavy (non-hydrogen) atoms. The Morgan fingerprint density at radius 2 is 2.00 bits per heavy atom. The van der Waals surface area contributed by atoms with E-state index in [0.29, 0.717) is 12.3 Å². The highest BCUT2D eigenvalue weighted by molar-refractivity contribution is 5.95. The first-order valence-electron chi connectivity index (χ1n) is 6.69. The summed E-state index contributed by atoms with van der Waals surface area (Å²) in [5.41, 5.74) is 2.27. The van der Waals surface area contributed by atoms with E-state index in [4.69, 9.17) is 10.3 Å². The molecule has 0 spiro atoms. The van der Waals surface area contributed by atoms with Gasteiger partial charge < -0.3 is 14.2 Å². The first-order chi connectivity index (χ1) is 10.1. The molecule has 3 N–H and O–H groups in total. The number of nitrogens with zero attached hydrogens (tertiary/aromatic N) is 2. The van der Waals surface area contributed by atoms with Gasteiger partial charge in [0.1, 0.15) is 12.3 Å². The van der Waals surface area contributed by atoms with E-state index in [2.05, 4.69) is 0 Å². The highest BCUT2D eigenvalue weighted by Gasteiger charge is 2.30. The van der Waals surface area contributed by atoms with Crippen LogP contribution in [0.1, 0.15) is 29.5 Å². The normalized spacial score (nSPS) is 15.5. The van der Waals surface area contributed by atoms with E-state index in [1.165, 1.54) is 22.1 Å². The Hall–Kier alpha value is -2.35. The summed E-state index contributed by atoms with van der Waals surface area (Å²) >= 11 is 0. The van der Waals surface area contributed by atoms with Gasteiger partial charge in [0, 0.05) is 6.54 Å². The van der Waals surface area contributed by atoms with Crippen molar-refractivity contribution in [2.45, 2.75) is 19.9 Å². The van der Waals surface area contributed by atoms with Gasteiger partial charge in [-0.1, -0.05) is 6.92 Å². The number of rotatable bonds is 5. The number of furan rings is 1. The lowest BCUT2D eigenvalue weighted by Crippen LogP contribution is -2.53. The SMILES string of the molecule is CCCN1CC(=O)N(Cc2occc2C(=O)NN)CC1=O. The van der Waals surface area contributed by atoms with Gasteiger partial charge in [-0.2, -0.15) is 0 Å². The third-order valence-corrected chi connectivity index (χ3v) is 3.31. The van der Waals surface area contributed by atoms with Crippen LogP contribution in [0.2, 0.25) is 0 Å². The molecule has 3 amide bonds. The van der Waals surface area contributed by atoms with Crippen LogP contribution in [0.25, 0.3) is 0 Å². The molecule has 0 atom stereocenters. The molecule has 114 valence electrons. The summed E-state index contributed by atoms with van der Waals surface area (Å²) in [4.78, 5) is 38.5. The second kappa shape index (κ2) is 6.40. The zero-order valence-corrected chi connectivity index (χ0v) is 11.8. The number of hydrogen-bond acceptors (Lipinski definition) is 5. The molecule has 1 fully saturated rings. The molecule has 0 aliphatic carbocycles. The molecule has 0 aromatic carbocycles. The van der Waals surface area contributed by atoms with Crippen molar-refractivity contribution in [2.24, 2.45) is 5.84 Å². The van der Waals surface area contributed by atoms with Crippen molar-refractivity contribution >= 4 is 17.7 Å². The molecule has 0 bridgehead atoms. The lowest BCUT2D eigenvalue weighted by molar-refractivity contribution is -0.150. The maximum absolute atomic E-state index is 12.1. The zero-order valence-electron chi connectivity index (χ0n) is 11.8. The van der Waals surface area contributed by atoms with Crippen LogP contribution in [-0.4, -0.2) is 47.2 Å². The van der Waals surface area contributed by atoms with Crippen LogP contribution < -0.4 is 11.3 Å². The molecular weight excluding hydrogens is 276 g/mol. The number of amides is 3. The predicted molar refractivity (Wildman–Crippen MR) is 72.6 cm³/mol. The van der Waals surface area contributed by atoms with Crippen LogP contribution in [-0.2, 0) is 16.1 Å². The maximum Gasteiger partial charge on any atom is 0.268 e. The molecule has 2 heterocycles. The van der Waals surface area contributed by atoms with Crippen LogP contribution in [0.5, 0.6) is 0 Å². The molecule has 8 heteroatoms.